The smallest absolute Gasteiger partial charge is 0.407 e. The quantitative estimate of drug-likeness (QED) is 0.249. The first kappa shape index (κ1) is 24.2. The average Bonchev–Trinajstić information content (AvgIpc) is 3.21. The maximum absolute atomic E-state index is 13.8. The van der Waals surface area contributed by atoms with Crippen LogP contribution in [0.25, 0.3) is 16.9 Å². The van der Waals surface area contributed by atoms with E-state index in [1.807, 2.05) is 60.7 Å². The van der Waals surface area contributed by atoms with Crippen molar-refractivity contribution in [3.8, 4) is 17.1 Å². The number of aromatic nitrogens is 3. The molecule has 0 unspecified atom stereocenters. The number of esters is 1. The van der Waals surface area contributed by atoms with Crippen LogP contribution >= 0.6 is 0 Å². The number of ether oxygens (including phenoxy) is 1. The summed E-state index contributed by atoms with van der Waals surface area (Å²) in [6, 6.07) is 24.2. The summed E-state index contributed by atoms with van der Waals surface area (Å²) in [7, 11) is 0. The molecule has 0 radical (unpaired) electrons. The van der Waals surface area contributed by atoms with Gasteiger partial charge in [-0.15, -0.1) is 0 Å². The lowest BCUT2D eigenvalue weighted by Gasteiger charge is -2.14. The Labute approximate surface area is 211 Å². The number of carbonyl (C=O) groups is 1. The molecule has 37 heavy (non-hydrogen) atoms. The van der Waals surface area contributed by atoms with E-state index in [-0.39, 0.29) is 17.9 Å². The van der Waals surface area contributed by atoms with Gasteiger partial charge in [-0.25, -0.2) is 9.97 Å². The molecule has 0 fully saturated rings. The van der Waals surface area contributed by atoms with Crippen molar-refractivity contribution in [1.29, 1.82) is 0 Å². The van der Waals surface area contributed by atoms with Crippen LogP contribution in [0.15, 0.2) is 91.1 Å². The van der Waals surface area contributed by atoms with Crippen molar-refractivity contribution in [2.75, 3.05) is 0 Å². The lowest BCUT2D eigenvalue weighted by molar-refractivity contribution is -0.138. The maximum atomic E-state index is 13.8. The lowest BCUT2D eigenvalue weighted by atomic mass is 10.0. The summed E-state index contributed by atoms with van der Waals surface area (Å²) in [6.07, 6.45) is -2.56. The molecule has 0 amide bonds. The SMILES string of the molecule is CC(=O)Oc1c(Cc2ccccc2)nc2c(Cc3ccccc3C(F)(F)F)nc(-c3ccccc3)cn12. The normalized spacial score (nSPS) is 11.6. The van der Waals surface area contributed by atoms with E-state index in [0.717, 1.165) is 17.2 Å². The van der Waals surface area contributed by atoms with E-state index >= 15 is 0 Å². The maximum Gasteiger partial charge on any atom is 0.416 e. The standard InChI is InChI=1S/C29H22F3N3O2/c1-19(36)37-28-25(16-20-10-4-2-5-11-20)34-27-24(17-22-14-8-9-15-23(22)29(30,31)32)33-26(18-35(27)28)21-12-6-3-7-13-21/h2-15,18H,16-17H2,1H3. The summed E-state index contributed by atoms with van der Waals surface area (Å²) in [6.45, 7) is 1.30. The van der Waals surface area contributed by atoms with Gasteiger partial charge in [-0.05, 0) is 17.2 Å². The molecule has 5 aromatic rings. The van der Waals surface area contributed by atoms with Crippen LogP contribution in [0, 0.1) is 0 Å². The molecular weight excluding hydrogens is 479 g/mol. The first-order valence-electron chi connectivity index (χ1n) is 11.6. The molecule has 5 nitrogen and oxygen atoms in total. The van der Waals surface area contributed by atoms with Crippen LogP contribution in [0.4, 0.5) is 13.2 Å². The van der Waals surface area contributed by atoms with E-state index in [9.17, 15) is 18.0 Å². The van der Waals surface area contributed by atoms with E-state index in [1.165, 1.54) is 19.1 Å². The summed E-state index contributed by atoms with van der Waals surface area (Å²) in [5.74, 6) is -0.311. The second-order valence-corrected chi connectivity index (χ2v) is 8.58. The van der Waals surface area contributed by atoms with E-state index in [1.54, 1.807) is 16.7 Å². The van der Waals surface area contributed by atoms with E-state index in [4.69, 9.17) is 14.7 Å². The van der Waals surface area contributed by atoms with Crippen molar-refractivity contribution >= 4 is 11.6 Å². The monoisotopic (exact) mass is 501 g/mol. The van der Waals surface area contributed by atoms with E-state index in [2.05, 4.69) is 0 Å². The largest absolute Gasteiger partial charge is 0.416 e. The summed E-state index contributed by atoms with van der Waals surface area (Å²) < 4.78 is 48.5. The fourth-order valence-corrected chi connectivity index (χ4v) is 4.28. The summed E-state index contributed by atoms with van der Waals surface area (Å²) in [4.78, 5) is 21.5. The van der Waals surface area contributed by atoms with Crippen molar-refractivity contribution < 1.29 is 22.7 Å². The number of fused-ring (bicyclic) bond motifs is 1. The molecule has 186 valence electrons. The minimum atomic E-state index is -4.51. The number of alkyl halides is 3. The Kier molecular flexibility index (Phi) is 6.48. The van der Waals surface area contributed by atoms with Gasteiger partial charge < -0.3 is 4.74 Å². The van der Waals surface area contributed by atoms with Crippen molar-refractivity contribution in [2.45, 2.75) is 25.9 Å². The zero-order valence-corrected chi connectivity index (χ0v) is 19.9. The predicted octanol–water partition coefficient (Wildman–Crippen LogP) is 6.52. The molecule has 0 aliphatic carbocycles. The topological polar surface area (TPSA) is 56.5 Å². The number of halogens is 3. The molecule has 0 aliphatic heterocycles. The number of carbonyl (C=O) groups excluding carboxylic acids is 1. The van der Waals surface area contributed by atoms with Crippen LogP contribution in [-0.4, -0.2) is 20.3 Å². The Morgan fingerprint density at radius 1 is 0.838 bits per heavy atom. The minimum Gasteiger partial charge on any atom is -0.407 e. The molecule has 8 heteroatoms. The number of imidazole rings is 1. The number of hydrogen-bond donors (Lipinski definition) is 0. The first-order chi connectivity index (χ1) is 17.8. The third kappa shape index (κ3) is 5.23. The Hall–Kier alpha value is -4.46. The zero-order chi connectivity index (χ0) is 26.0. The Balaban J connectivity index is 1.73. The Bertz CT molecular complexity index is 1560. The van der Waals surface area contributed by atoms with Gasteiger partial charge in [0.25, 0.3) is 0 Å². The van der Waals surface area contributed by atoms with E-state index < -0.39 is 17.7 Å². The number of rotatable bonds is 6. The molecule has 3 aromatic carbocycles. The van der Waals surface area contributed by atoms with Gasteiger partial charge in [0.05, 0.1) is 17.0 Å². The summed E-state index contributed by atoms with van der Waals surface area (Å²) in [5, 5.41) is 0. The van der Waals surface area contributed by atoms with Crippen LogP contribution in [0.5, 0.6) is 5.88 Å². The van der Waals surface area contributed by atoms with Crippen molar-refractivity contribution in [1.82, 2.24) is 14.4 Å². The highest BCUT2D eigenvalue weighted by atomic mass is 19.4. The number of benzene rings is 3. The number of hydrogen-bond acceptors (Lipinski definition) is 4. The molecule has 0 saturated carbocycles. The highest BCUT2D eigenvalue weighted by Gasteiger charge is 2.33. The van der Waals surface area contributed by atoms with Crippen LogP contribution < -0.4 is 4.74 Å². The van der Waals surface area contributed by atoms with Crippen molar-refractivity contribution in [2.24, 2.45) is 0 Å². The van der Waals surface area contributed by atoms with Crippen molar-refractivity contribution in [3.05, 3.63) is 119 Å². The molecule has 2 aromatic heterocycles. The third-order valence-electron chi connectivity index (χ3n) is 5.90. The minimum absolute atomic E-state index is 0.0799. The Morgan fingerprint density at radius 3 is 2.16 bits per heavy atom. The predicted molar refractivity (Wildman–Crippen MR) is 133 cm³/mol. The second kappa shape index (κ2) is 9.89. The third-order valence-corrected chi connectivity index (χ3v) is 5.90. The molecule has 5 rings (SSSR count). The molecule has 0 aliphatic rings. The molecule has 0 atom stereocenters. The van der Waals surface area contributed by atoms with E-state index in [0.29, 0.717) is 29.1 Å². The second-order valence-electron chi connectivity index (χ2n) is 8.58. The zero-order valence-electron chi connectivity index (χ0n) is 19.9. The van der Waals surface area contributed by atoms with Gasteiger partial charge in [-0.2, -0.15) is 13.2 Å². The van der Waals surface area contributed by atoms with Crippen LogP contribution in [0.1, 0.15) is 35.0 Å². The van der Waals surface area contributed by atoms with Gasteiger partial charge >= 0.3 is 12.1 Å². The molecule has 0 N–H and O–H groups in total. The molecule has 0 saturated heterocycles. The van der Waals surface area contributed by atoms with Gasteiger partial charge in [0.2, 0.25) is 5.88 Å². The first-order valence-corrected chi connectivity index (χ1v) is 11.6. The highest BCUT2D eigenvalue weighted by Crippen LogP contribution is 2.34. The lowest BCUT2D eigenvalue weighted by Crippen LogP contribution is -2.11. The van der Waals surface area contributed by atoms with Gasteiger partial charge in [0, 0.05) is 31.5 Å². The van der Waals surface area contributed by atoms with Crippen molar-refractivity contribution in [3.63, 3.8) is 0 Å². The van der Waals surface area contributed by atoms with Gasteiger partial charge in [-0.3, -0.25) is 9.20 Å². The van der Waals surface area contributed by atoms with Gasteiger partial charge in [0.1, 0.15) is 5.69 Å². The number of nitrogens with zero attached hydrogens (tertiary/aromatic N) is 3. The average molecular weight is 502 g/mol. The molecule has 2 heterocycles. The van der Waals surface area contributed by atoms with Crippen LogP contribution in [0.2, 0.25) is 0 Å². The van der Waals surface area contributed by atoms with Crippen LogP contribution in [0.3, 0.4) is 0 Å². The highest BCUT2D eigenvalue weighted by molar-refractivity contribution is 5.71. The summed E-state index contributed by atoms with van der Waals surface area (Å²) >= 11 is 0. The fourth-order valence-electron chi connectivity index (χ4n) is 4.28. The van der Waals surface area contributed by atoms with Gasteiger partial charge in [-0.1, -0.05) is 78.9 Å². The molecule has 0 bridgehead atoms. The van der Waals surface area contributed by atoms with Crippen LogP contribution in [-0.2, 0) is 23.8 Å². The summed E-state index contributed by atoms with van der Waals surface area (Å²) in [5.41, 5.74) is 2.74. The fraction of sp³-hybridized carbons (Fsp3) is 0.138. The van der Waals surface area contributed by atoms with Gasteiger partial charge in [0.15, 0.2) is 5.65 Å². The Morgan fingerprint density at radius 2 is 1.49 bits per heavy atom. The molecule has 0 spiro atoms. The molecular formula is C29H22F3N3O2.